The predicted molar refractivity (Wildman–Crippen MR) is 86.1 cm³/mol. The van der Waals surface area contributed by atoms with Crippen LogP contribution in [0.15, 0.2) is 60.7 Å². The van der Waals surface area contributed by atoms with Gasteiger partial charge in [-0.2, -0.15) is 0 Å². The largest absolute Gasteiger partial charge is 0.372 e. The number of benzene rings is 2. The van der Waals surface area contributed by atoms with Crippen molar-refractivity contribution in [3.05, 3.63) is 71.8 Å². The molecule has 1 aliphatic heterocycles. The van der Waals surface area contributed by atoms with Crippen LogP contribution in [0.25, 0.3) is 0 Å². The lowest BCUT2D eigenvalue weighted by Gasteiger charge is -2.32. The SMILES string of the molecule is O=C1CC[C@H](OCc2ccccc2)CN1Cc1ccccc1. The summed E-state index contributed by atoms with van der Waals surface area (Å²) in [4.78, 5) is 14.0. The molecule has 114 valence electrons. The molecule has 1 amide bonds. The number of rotatable bonds is 5. The fourth-order valence-corrected chi connectivity index (χ4v) is 2.76. The second kappa shape index (κ2) is 7.23. The molecular weight excluding hydrogens is 274 g/mol. The molecule has 3 rings (SSSR count). The van der Waals surface area contributed by atoms with E-state index in [0.717, 1.165) is 6.42 Å². The van der Waals surface area contributed by atoms with Crippen molar-refractivity contribution in [2.45, 2.75) is 32.1 Å². The van der Waals surface area contributed by atoms with Crippen LogP contribution in [0.4, 0.5) is 0 Å². The molecule has 0 aromatic heterocycles. The number of carbonyl (C=O) groups excluding carboxylic acids is 1. The van der Waals surface area contributed by atoms with E-state index in [9.17, 15) is 4.79 Å². The lowest BCUT2D eigenvalue weighted by Crippen LogP contribution is -2.42. The molecule has 2 aromatic rings. The molecule has 22 heavy (non-hydrogen) atoms. The van der Waals surface area contributed by atoms with Gasteiger partial charge in [0, 0.05) is 19.5 Å². The van der Waals surface area contributed by atoms with E-state index < -0.39 is 0 Å². The average molecular weight is 295 g/mol. The van der Waals surface area contributed by atoms with Gasteiger partial charge >= 0.3 is 0 Å². The molecular formula is C19H21NO2. The average Bonchev–Trinajstić information content (AvgIpc) is 2.57. The second-order valence-electron chi connectivity index (χ2n) is 5.72. The second-order valence-corrected chi connectivity index (χ2v) is 5.72. The molecule has 0 unspecified atom stereocenters. The molecule has 1 saturated heterocycles. The minimum atomic E-state index is 0.126. The van der Waals surface area contributed by atoms with E-state index >= 15 is 0 Å². The van der Waals surface area contributed by atoms with Gasteiger partial charge in [0.05, 0.1) is 12.7 Å². The molecule has 1 atom stereocenters. The molecule has 3 nitrogen and oxygen atoms in total. The van der Waals surface area contributed by atoms with Crippen LogP contribution in [-0.2, 0) is 22.7 Å². The summed E-state index contributed by atoms with van der Waals surface area (Å²) in [6.45, 7) is 1.96. The first-order valence-electron chi connectivity index (χ1n) is 7.78. The summed E-state index contributed by atoms with van der Waals surface area (Å²) >= 11 is 0. The third-order valence-corrected chi connectivity index (χ3v) is 4.00. The molecule has 2 aromatic carbocycles. The monoisotopic (exact) mass is 295 g/mol. The summed E-state index contributed by atoms with van der Waals surface area (Å²) in [6, 6.07) is 20.3. The van der Waals surface area contributed by atoms with Gasteiger partial charge in [0.25, 0.3) is 0 Å². The zero-order chi connectivity index (χ0) is 15.2. The van der Waals surface area contributed by atoms with Crippen LogP contribution in [-0.4, -0.2) is 23.5 Å². The number of hydrogen-bond acceptors (Lipinski definition) is 2. The zero-order valence-corrected chi connectivity index (χ0v) is 12.7. The highest BCUT2D eigenvalue weighted by molar-refractivity contribution is 5.77. The Balaban J connectivity index is 1.55. The maximum absolute atomic E-state index is 12.1. The lowest BCUT2D eigenvalue weighted by atomic mass is 10.1. The van der Waals surface area contributed by atoms with Crippen molar-refractivity contribution < 1.29 is 9.53 Å². The molecule has 0 spiro atoms. The first-order valence-corrected chi connectivity index (χ1v) is 7.78. The Kier molecular flexibility index (Phi) is 4.86. The number of amides is 1. The molecule has 0 radical (unpaired) electrons. The maximum Gasteiger partial charge on any atom is 0.223 e. The Morgan fingerprint density at radius 2 is 1.59 bits per heavy atom. The Labute approximate surface area is 131 Å². The van der Waals surface area contributed by atoms with Crippen LogP contribution < -0.4 is 0 Å². The van der Waals surface area contributed by atoms with Crippen molar-refractivity contribution in [1.82, 2.24) is 4.90 Å². The Morgan fingerprint density at radius 1 is 0.955 bits per heavy atom. The summed E-state index contributed by atoms with van der Waals surface area (Å²) in [5, 5.41) is 0. The summed E-state index contributed by atoms with van der Waals surface area (Å²) in [6.07, 6.45) is 1.52. The van der Waals surface area contributed by atoms with Crippen molar-refractivity contribution in [2.24, 2.45) is 0 Å². The third kappa shape index (κ3) is 3.95. The van der Waals surface area contributed by atoms with Crippen LogP contribution in [0.1, 0.15) is 24.0 Å². The van der Waals surface area contributed by atoms with Crippen molar-refractivity contribution in [1.29, 1.82) is 0 Å². The van der Waals surface area contributed by atoms with Gasteiger partial charge in [-0.15, -0.1) is 0 Å². The smallest absolute Gasteiger partial charge is 0.223 e. The van der Waals surface area contributed by atoms with Crippen LogP contribution >= 0.6 is 0 Å². The van der Waals surface area contributed by atoms with E-state index in [1.165, 1.54) is 11.1 Å². The minimum absolute atomic E-state index is 0.126. The molecule has 0 N–H and O–H groups in total. The van der Waals surface area contributed by atoms with Crippen LogP contribution in [0, 0.1) is 0 Å². The highest BCUT2D eigenvalue weighted by Gasteiger charge is 2.26. The summed E-state index contributed by atoms with van der Waals surface area (Å²) in [5.74, 6) is 0.225. The standard InChI is InChI=1S/C19H21NO2/c21-19-12-11-18(22-15-17-9-5-2-6-10-17)14-20(19)13-16-7-3-1-4-8-16/h1-10,18H,11-15H2/t18-/m0/s1. The highest BCUT2D eigenvalue weighted by Crippen LogP contribution is 2.18. The number of ether oxygens (including phenoxy) is 1. The molecule has 1 aliphatic rings. The Morgan fingerprint density at radius 3 is 2.27 bits per heavy atom. The van der Waals surface area contributed by atoms with Crippen LogP contribution in [0.3, 0.4) is 0 Å². The van der Waals surface area contributed by atoms with Gasteiger partial charge in [-0.3, -0.25) is 4.79 Å². The van der Waals surface area contributed by atoms with Gasteiger partial charge in [0.2, 0.25) is 5.91 Å². The predicted octanol–water partition coefficient (Wildman–Crippen LogP) is 3.39. The first kappa shape index (κ1) is 14.8. The minimum Gasteiger partial charge on any atom is -0.372 e. The number of hydrogen-bond donors (Lipinski definition) is 0. The van der Waals surface area contributed by atoms with Gasteiger partial charge in [0.1, 0.15) is 0 Å². The lowest BCUT2D eigenvalue weighted by molar-refractivity contribution is -0.139. The van der Waals surface area contributed by atoms with Crippen molar-refractivity contribution in [3.8, 4) is 0 Å². The third-order valence-electron chi connectivity index (χ3n) is 4.00. The molecule has 3 heteroatoms. The van der Waals surface area contributed by atoms with E-state index in [4.69, 9.17) is 4.74 Å². The Bertz CT molecular complexity index is 597. The fourth-order valence-electron chi connectivity index (χ4n) is 2.76. The molecule has 0 saturated carbocycles. The van der Waals surface area contributed by atoms with E-state index in [-0.39, 0.29) is 12.0 Å². The van der Waals surface area contributed by atoms with Crippen LogP contribution in [0.2, 0.25) is 0 Å². The number of piperidine rings is 1. The topological polar surface area (TPSA) is 29.5 Å². The van der Waals surface area contributed by atoms with Gasteiger partial charge in [-0.1, -0.05) is 60.7 Å². The first-order chi connectivity index (χ1) is 10.8. The van der Waals surface area contributed by atoms with E-state index in [1.54, 1.807) is 0 Å². The summed E-state index contributed by atoms with van der Waals surface area (Å²) < 4.78 is 5.99. The van der Waals surface area contributed by atoms with Gasteiger partial charge in [0.15, 0.2) is 0 Å². The quantitative estimate of drug-likeness (QED) is 0.846. The fraction of sp³-hybridized carbons (Fsp3) is 0.316. The molecule has 0 bridgehead atoms. The van der Waals surface area contributed by atoms with E-state index in [2.05, 4.69) is 24.3 Å². The highest BCUT2D eigenvalue weighted by atomic mass is 16.5. The van der Waals surface area contributed by atoms with Crippen LogP contribution in [0.5, 0.6) is 0 Å². The van der Waals surface area contributed by atoms with Gasteiger partial charge in [-0.25, -0.2) is 0 Å². The Hall–Kier alpha value is -2.13. The van der Waals surface area contributed by atoms with E-state index in [1.807, 2.05) is 41.3 Å². The zero-order valence-electron chi connectivity index (χ0n) is 12.7. The van der Waals surface area contributed by atoms with Crippen molar-refractivity contribution >= 4 is 5.91 Å². The van der Waals surface area contributed by atoms with E-state index in [0.29, 0.717) is 26.1 Å². The normalized spacial score (nSPS) is 18.5. The molecule has 0 aliphatic carbocycles. The molecule has 1 fully saturated rings. The number of carbonyl (C=O) groups is 1. The number of nitrogens with zero attached hydrogens (tertiary/aromatic N) is 1. The number of likely N-dealkylation sites (tertiary alicyclic amines) is 1. The summed E-state index contributed by atoms with van der Waals surface area (Å²) in [7, 11) is 0. The van der Waals surface area contributed by atoms with Crippen molar-refractivity contribution in [2.75, 3.05) is 6.54 Å². The van der Waals surface area contributed by atoms with Crippen molar-refractivity contribution in [3.63, 3.8) is 0 Å². The maximum atomic E-state index is 12.1. The van der Waals surface area contributed by atoms with Gasteiger partial charge in [-0.05, 0) is 17.5 Å². The summed E-state index contributed by atoms with van der Waals surface area (Å²) in [5.41, 5.74) is 2.34. The van der Waals surface area contributed by atoms with Gasteiger partial charge < -0.3 is 9.64 Å². The molecule has 1 heterocycles.